The summed E-state index contributed by atoms with van der Waals surface area (Å²) < 4.78 is 11.1. The van der Waals surface area contributed by atoms with Gasteiger partial charge in [-0.25, -0.2) is 0 Å². The Labute approximate surface area is 104 Å². The van der Waals surface area contributed by atoms with Gasteiger partial charge in [-0.15, -0.1) is 0 Å². The summed E-state index contributed by atoms with van der Waals surface area (Å²) in [6.07, 6.45) is 0. The highest BCUT2D eigenvalue weighted by atomic mass is 16.5. The molecule has 1 N–H and O–H groups in total. The average Bonchev–Trinajstić information content (AvgIpc) is 2.30. The second kappa shape index (κ2) is 8.09. The molecule has 0 radical (unpaired) electrons. The topological polar surface area (TPSA) is 30.5 Å². The zero-order valence-electron chi connectivity index (χ0n) is 11.1. The second-order valence-electron chi connectivity index (χ2n) is 4.08. The molecule has 0 aromatic heterocycles. The molecule has 1 aromatic rings. The molecule has 0 aliphatic carbocycles. The van der Waals surface area contributed by atoms with Gasteiger partial charge < -0.3 is 14.8 Å². The lowest BCUT2D eigenvalue weighted by molar-refractivity contribution is 0.102. The van der Waals surface area contributed by atoms with Crippen LogP contribution in [0.2, 0.25) is 0 Å². The number of likely N-dealkylation sites (N-methyl/N-ethyl adjacent to an activating group) is 1. The molecule has 0 aliphatic rings. The van der Waals surface area contributed by atoms with Crippen LogP contribution in [0.5, 0.6) is 5.75 Å². The fourth-order valence-corrected chi connectivity index (χ4v) is 1.60. The third-order valence-corrected chi connectivity index (χ3v) is 2.49. The summed E-state index contributed by atoms with van der Waals surface area (Å²) in [5.74, 6) is 0.950. The van der Waals surface area contributed by atoms with Crippen molar-refractivity contribution < 1.29 is 9.47 Å². The van der Waals surface area contributed by atoms with E-state index in [1.54, 1.807) is 0 Å². The minimum absolute atomic E-state index is 0.607. The molecule has 3 heteroatoms. The van der Waals surface area contributed by atoms with Gasteiger partial charge in [0.2, 0.25) is 0 Å². The summed E-state index contributed by atoms with van der Waals surface area (Å²) in [5.41, 5.74) is 2.44. The molecule has 0 saturated carbocycles. The lowest BCUT2D eigenvalue weighted by atomic mass is 10.1. The summed E-state index contributed by atoms with van der Waals surface area (Å²) in [7, 11) is 0. The van der Waals surface area contributed by atoms with Crippen molar-refractivity contribution in [2.75, 3.05) is 32.9 Å². The Morgan fingerprint density at radius 3 is 2.65 bits per heavy atom. The monoisotopic (exact) mass is 237 g/mol. The maximum absolute atomic E-state index is 5.65. The van der Waals surface area contributed by atoms with Crippen molar-refractivity contribution in [3.63, 3.8) is 0 Å². The zero-order valence-corrected chi connectivity index (χ0v) is 11.1. The van der Waals surface area contributed by atoms with Crippen LogP contribution in [-0.2, 0) is 4.74 Å². The Hall–Kier alpha value is -1.06. The van der Waals surface area contributed by atoms with E-state index in [-0.39, 0.29) is 0 Å². The summed E-state index contributed by atoms with van der Waals surface area (Å²) in [6.45, 7) is 10.1. The number of hydrogen-bond acceptors (Lipinski definition) is 3. The summed E-state index contributed by atoms with van der Waals surface area (Å²) in [4.78, 5) is 0. The molecule has 0 amide bonds. The average molecular weight is 237 g/mol. The van der Waals surface area contributed by atoms with Crippen LogP contribution in [0.3, 0.4) is 0 Å². The van der Waals surface area contributed by atoms with Crippen molar-refractivity contribution in [3.8, 4) is 5.75 Å². The molecule has 1 rings (SSSR count). The van der Waals surface area contributed by atoms with E-state index >= 15 is 0 Å². The van der Waals surface area contributed by atoms with Gasteiger partial charge in [-0.1, -0.05) is 24.6 Å². The van der Waals surface area contributed by atoms with E-state index in [1.807, 2.05) is 6.07 Å². The van der Waals surface area contributed by atoms with Crippen LogP contribution in [0, 0.1) is 13.8 Å². The van der Waals surface area contributed by atoms with Crippen LogP contribution in [0.4, 0.5) is 0 Å². The molecule has 1 aromatic carbocycles. The molecule has 96 valence electrons. The molecular weight excluding hydrogens is 214 g/mol. The lowest BCUT2D eigenvalue weighted by Gasteiger charge is -2.10. The Morgan fingerprint density at radius 2 is 1.94 bits per heavy atom. The van der Waals surface area contributed by atoms with Crippen LogP contribution in [-0.4, -0.2) is 32.9 Å². The predicted octanol–water partition coefficient (Wildman–Crippen LogP) is 2.31. The molecule has 0 heterocycles. The van der Waals surface area contributed by atoms with Gasteiger partial charge in [-0.2, -0.15) is 0 Å². The van der Waals surface area contributed by atoms with Gasteiger partial charge in [0, 0.05) is 6.54 Å². The van der Waals surface area contributed by atoms with Crippen LogP contribution in [0.15, 0.2) is 18.2 Å². The largest absolute Gasteiger partial charge is 0.491 e. The van der Waals surface area contributed by atoms with Gasteiger partial charge in [0.05, 0.1) is 13.2 Å². The highest BCUT2D eigenvalue weighted by Gasteiger charge is 1.98. The highest BCUT2D eigenvalue weighted by Crippen LogP contribution is 2.18. The minimum atomic E-state index is 0.607. The molecule has 0 fully saturated rings. The third kappa shape index (κ3) is 5.71. The van der Waals surface area contributed by atoms with Gasteiger partial charge in [0.15, 0.2) is 0 Å². The summed E-state index contributed by atoms with van der Waals surface area (Å²) in [5, 5.41) is 3.21. The van der Waals surface area contributed by atoms with Crippen molar-refractivity contribution in [2.45, 2.75) is 20.8 Å². The number of nitrogens with one attached hydrogen (secondary N) is 1. The molecule has 0 aliphatic heterocycles. The first kappa shape index (κ1) is 14.0. The first-order valence-corrected chi connectivity index (χ1v) is 6.22. The van der Waals surface area contributed by atoms with E-state index in [0.717, 1.165) is 25.4 Å². The standard InChI is InChI=1S/C14H23NO2/c1-4-15-7-8-16-9-10-17-14-6-5-12(2)11-13(14)3/h5-6,11,15H,4,7-10H2,1-3H3. The Kier molecular flexibility index (Phi) is 6.67. The summed E-state index contributed by atoms with van der Waals surface area (Å²) >= 11 is 0. The maximum atomic E-state index is 5.65. The van der Waals surface area contributed by atoms with E-state index in [0.29, 0.717) is 13.2 Å². The zero-order chi connectivity index (χ0) is 12.5. The molecule has 0 saturated heterocycles. The van der Waals surface area contributed by atoms with Crippen molar-refractivity contribution in [3.05, 3.63) is 29.3 Å². The van der Waals surface area contributed by atoms with E-state index in [1.165, 1.54) is 11.1 Å². The number of hydrogen-bond donors (Lipinski definition) is 1. The smallest absolute Gasteiger partial charge is 0.122 e. The lowest BCUT2D eigenvalue weighted by Crippen LogP contribution is -2.20. The second-order valence-corrected chi connectivity index (χ2v) is 4.08. The molecule has 0 bridgehead atoms. The molecular formula is C14H23NO2. The van der Waals surface area contributed by atoms with Crippen LogP contribution in [0.1, 0.15) is 18.1 Å². The SMILES string of the molecule is CCNCCOCCOc1ccc(C)cc1C. The molecule has 0 spiro atoms. The first-order chi connectivity index (χ1) is 8.24. The van der Waals surface area contributed by atoms with Crippen molar-refractivity contribution in [1.82, 2.24) is 5.32 Å². The van der Waals surface area contributed by atoms with E-state index in [2.05, 4.69) is 38.2 Å². The van der Waals surface area contributed by atoms with Crippen molar-refractivity contribution in [1.29, 1.82) is 0 Å². The number of rotatable bonds is 8. The van der Waals surface area contributed by atoms with E-state index in [4.69, 9.17) is 9.47 Å². The van der Waals surface area contributed by atoms with Gasteiger partial charge >= 0.3 is 0 Å². The highest BCUT2D eigenvalue weighted by molar-refractivity contribution is 5.35. The number of benzene rings is 1. The minimum Gasteiger partial charge on any atom is -0.491 e. The summed E-state index contributed by atoms with van der Waals surface area (Å²) in [6, 6.07) is 6.21. The van der Waals surface area contributed by atoms with Crippen LogP contribution < -0.4 is 10.1 Å². The van der Waals surface area contributed by atoms with Gasteiger partial charge in [0.1, 0.15) is 12.4 Å². The number of aryl methyl sites for hydroxylation is 2. The Morgan fingerprint density at radius 1 is 1.12 bits per heavy atom. The predicted molar refractivity (Wildman–Crippen MR) is 70.8 cm³/mol. The Bertz CT molecular complexity index is 326. The van der Waals surface area contributed by atoms with Gasteiger partial charge in [-0.3, -0.25) is 0 Å². The third-order valence-electron chi connectivity index (χ3n) is 2.49. The molecule has 17 heavy (non-hydrogen) atoms. The molecule has 0 unspecified atom stereocenters. The quantitative estimate of drug-likeness (QED) is 0.704. The molecule has 3 nitrogen and oxygen atoms in total. The van der Waals surface area contributed by atoms with Gasteiger partial charge in [-0.05, 0) is 32.0 Å². The van der Waals surface area contributed by atoms with Crippen LogP contribution in [0.25, 0.3) is 0 Å². The van der Waals surface area contributed by atoms with Crippen LogP contribution >= 0.6 is 0 Å². The van der Waals surface area contributed by atoms with E-state index in [9.17, 15) is 0 Å². The fourth-order valence-electron chi connectivity index (χ4n) is 1.60. The van der Waals surface area contributed by atoms with Gasteiger partial charge in [0.25, 0.3) is 0 Å². The maximum Gasteiger partial charge on any atom is 0.122 e. The fraction of sp³-hybridized carbons (Fsp3) is 0.571. The van der Waals surface area contributed by atoms with E-state index < -0.39 is 0 Å². The first-order valence-electron chi connectivity index (χ1n) is 6.22. The number of ether oxygens (including phenoxy) is 2. The van der Waals surface area contributed by atoms with Crippen molar-refractivity contribution in [2.24, 2.45) is 0 Å². The van der Waals surface area contributed by atoms with Crippen molar-refractivity contribution >= 4 is 0 Å². The molecule has 0 atom stereocenters. The normalized spacial score (nSPS) is 10.5. The Balaban J connectivity index is 2.14.